The van der Waals surface area contributed by atoms with Gasteiger partial charge in [0, 0.05) is 43.8 Å². The van der Waals surface area contributed by atoms with Crippen molar-refractivity contribution < 1.29 is 8.42 Å². The molecule has 142 valence electrons. The van der Waals surface area contributed by atoms with E-state index in [4.69, 9.17) is 11.6 Å². The van der Waals surface area contributed by atoms with E-state index in [9.17, 15) is 8.42 Å². The van der Waals surface area contributed by atoms with Crippen molar-refractivity contribution >= 4 is 33.0 Å². The lowest BCUT2D eigenvalue weighted by Crippen LogP contribution is -2.48. The molecule has 1 saturated heterocycles. The maximum Gasteiger partial charge on any atom is 0.215 e. The highest BCUT2D eigenvalue weighted by atomic mass is 35.5. The highest BCUT2D eigenvalue weighted by molar-refractivity contribution is 7.88. The van der Waals surface area contributed by atoms with Crippen LogP contribution in [0, 0.1) is 0 Å². The van der Waals surface area contributed by atoms with Crippen LogP contribution in [0.5, 0.6) is 0 Å². The van der Waals surface area contributed by atoms with Gasteiger partial charge in [-0.1, -0.05) is 23.7 Å². The van der Waals surface area contributed by atoms with Crippen molar-refractivity contribution in [2.75, 3.05) is 39.8 Å². The van der Waals surface area contributed by atoms with Gasteiger partial charge >= 0.3 is 0 Å². The van der Waals surface area contributed by atoms with E-state index in [-0.39, 0.29) is 11.8 Å². The zero-order valence-electron chi connectivity index (χ0n) is 14.8. The number of likely N-dealkylation sites (N-methyl/N-ethyl adjacent to an activating group) is 1. The molecule has 1 fully saturated rings. The Morgan fingerprint density at radius 2 is 1.85 bits per heavy atom. The third-order valence-corrected chi connectivity index (χ3v) is 6.95. The van der Waals surface area contributed by atoms with E-state index < -0.39 is 10.0 Å². The summed E-state index contributed by atoms with van der Waals surface area (Å²) in [5.41, 5.74) is 1.90. The molecule has 1 aliphatic rings. The van der Waals surface area contributed by atoms with Crippen LogP contribution >= 0.6 is 22.9 Å². The first-order valence-electron chi connectivity index (χ1n) is 8.59. The second-order valence-corrected chi connectivity index (χ2v) is 9.67. The van der Waals surface area contributed by atoms with Gasteiger partial charge in [0.2, 0.25) is 10.0 Å². The first-order chi connectivity index (χ1) is 12.4. The molecular formula is C18H24ClN3O2S2. The number of rotatable bonds is 7. The summed E-state index contributed by atoms with van der Waals surface area (Å²) in [7, 11) is -1.29. The van der Waals surface area contributed by atoms with Crippen LogP contribution < -0.4 is 4.72 Å². The van der Waals surface area contributed by atoms with Gasteiger partial charge in [0.15, 0.2) is 0 Å². The predicted octanol–water partition coefficient (Wildman–Crippen LogP) is 2.81. The van der Waals surface area contributed by atoms with Crippen LogP contribution in [0.1, 0.15) is 17.2 Å². The summed E-state index contributed by atoms with van der Waals surface area (Å²) >= 11 is 7.51. The van der Waals surface area contributed by atoms with E-state index >= 15 is 0 Å². The minimum absolute atomic E-state index is 0.0384. The smallest absolute Gasteiger partial charge is 0.215 e. The third-order valence-electron chi connectivity index (χ3n) is 4.67. The van der Waals surface area contributed by atoms with Gasteiger partial charge in [-0.25, -0.2) is 13.1 Å². The van der Waals surface area contributed by atoms with Gasteiger partial charge in [-0.2, -0.15) is 11.3 Å². The van der Waals surface area contributed by atoms with Crippen molar-refractivity contribution in [2.45, 2.75) is 11.8 Å². The van der Waals surface area contributed by atoms with Crippen LogP contribution in [0.15, 0.2) is 41.1 Å². The van der Waals surface area contributed by atoms with E-state index in [1.165, 1.54) is 5.56 Å². The SMILES string of the molecule is CN1CCN([C@H](CNS(=O)(=O)Cc2ccc(Cl)cc2)c2ccsc2)CC1. The van der Waals surface area contributed by atoms with Crippen LogP contribution in [0.25, 0.3) is 0 Å². The molecule has 2 heterocycles. The molecule has 3 rings (SSSR count). The fourth-order valence-corrected chi connectivity index (χ4v) is 5.09. The summed E-state index contributed by atoms with van der Waals surface area (Å²) < 4.78 is 27.9. The summed E-state index contributed by atoms with van der Waals surface area (Å²) in [5.74, 6) is -0.0384. The number of piperazine rings is 1. The maximum atomic E-state index is 12.5. The van der Waals surface area contributed by atoms with Gasteiger partial charge in [-0.05, 0) is 47.1 Å². The second kappa shape index (κ2) is 8.82. The number of halogens is 1. The van der Waals surface area contributed by atoms with Crippen LogP contribution in [0.4, 0.5) is 0 Å². The first-order valence-corrected chi connectivity index (χ1v) is 11.6. The average Bonchev–Trinajstić information content (AvgIpc) is 3.13. The largest absolute Gasteiger partial charge is 0.304 e. The van der Waals surface area contributed by atoms with E-state index in [1.807, 2.05) is 5.38 Å². The highest BCUT2D eigenvalue weighted by Crippen LogP contribution is 2.24. The summed E-state index contributed by atoms with van der Waals surface area (Å²) in [6.45, 7) is 4.26. The molecule has 1 atom stereocenters. The summed E-state index contributed by atoms with van der Waals surface area (Å²) in [6, 6.07) is 9.07. The molecule has 8 heteroatoms. The Balaban J connectivity index is 1.66. The van der Waals surface area contributed by atoms with Gasteiger partial charge in [0.05, 0.1) is 5.75 Å². The van der Waals surface area contributed by atoms with Gasteiger partial charge in [0.25, 0.3) is 0 Å². The molecule has 1 aromatic carbocycles. The van der Waals surface area contributed by atoms with Gasteiger partial charge in [-0.3, -0.25) is 4.90 Å². The quantitative estimate of drug-likeness (QED) is 0.758. The molecule has 0 aliphatic carbocycles. The topological polar surface area (TPSA) is 52.6 Å². The molecule has 0 saturated carbocycles. The number of thiophene rings is 1. The van der Waals surface area contributed by atoms with Crippen molar-refractivity contribution in [1.29, 1.82) is 0 Å². The molecule has 0 amide bonds. The lowest BCUT2D eigenvalue weighted by Gasteiger charge is -2.37. The monoisotopic (exact) mass is 413 g/mol. The molecular weight excluding hydrogens is 390 g/mol. The van der Waals surface area contributed by atoms with Crippen LogP contribution in [-0.2, 0) is 15.8 Å². The Morgan fingerprint density at radius 3 is 2.46 bits per heavy atom. The molecule has 1 aromatic heterocycles. The number of hydrogen-bond donors (Lipinski definition) is 1. The van der Waals surface area contributed by atoms with E-state index in [0.29, 0.717) is 11.6 Å². The van der Waals surface area contributed by atoms with Crippen LogP contribution in [-0.4, -0.2) is 58.0 Å². The van der Waals surface area contributed by atoms with Crippen molar-refractivity contribution in [3.8, 4) is 0 Å². The van der Waals surface area contributed by atoms with Gasteiger partial charge < -0.3 is 4.90 Å². The lowest BCUT2D eigenvalue weighted by molar-refractivity contribution is 0.113. The van der Waals surface area contributed by atoms with Crippen LogP contribution in [0.2, 0.25) is 5.02 Å². The standard InChI is InChI=1S/C18H24ClN3O2S2/c1-21-7-9-22(10-8-21)18(16-6-11-25-13-16)12-20-26(23,24)14-15-2-4-17(19)5-3-15/h2-6,11,13,18,20H,7-10,12,14H2,1H3/t18-/m1/s1. The third kappa shape index (κ3) is 5.52. The molecule has 0 unspecified atom stereocenters. The first kappa shape index (κ1) is 19.8. The van der Waals surface area contributed by atoms with Crippen molar-refractivity contribution in [3.05, 3.63) is 57.2 Å². The lowest BCUT2D eigenvalue weighted by atomic mass is 10.1. The molecule has 5 nitrogen and oxygen atoms in total. The minimum atomic E-state index is -3.41. The molecule has 26 heavy (non-hydrogen) atoms. The molecule has 1 aliphatic heterocycles. The fourth-order valence-electron chi connectivity index (χ4n) is 3.11. The van der Waals surface area contributed by atoms with E-state index in [1.54, 1.807) is 35.6 Å². The molecule has 0 bridgehead atoms. The summed E-state index contributed by atoms with van der Waals surface area (Å²) in [4.78, 5) is 4.67. The Kier molecular flexibility index (Phi) is 6.71. The van der Waals surface area contributed by atoms with E-state index in [2.05, 4.69) is 33.0 Å². The number of nitrogens with one attached hydrogen (secondary N) is 1. The number of nitrogens with zero attached hydrogens (tertiary/aromatic N) is 2. The zero-order valence-corrected chi connectivity index (χ0v) is 17.2. The second-order valence-electron chi connectivity index (χ2n) is 6.65. The number of hydrogen-bond acceptors (Lipinski definition) is 5. The predicted molar refractivity (Wildman–Crippen MR) is 108 cm³/mol. The van der Waals surface area contributed by atoms with Gasteiger partial charge in [0.1, 0.15) is 0 Å². The van der Waals surface area contributed by atoms with E-state index in [0.717, 1.165) is 31.7 Å². The molecule has 2 aromatic rings. The van der Waals surface area contributed by atoms with Gasteiger partial charge in [-0.15, -0.1) is 0 Å². The Labute approximate surface area is 164 Å². The zero-order chi connectivity index (χ0) is 18.6. The molecule has 1 N–H and O–H groups in total. The van der Waals surface area contributed by atoms with Crippen molar-refractivity contribution in [1.82, 2.24) is 14.5 Å². The normalized spacial score (nSPS) is 18.1. The molecule has 0 radical (unpaired) electrons. The molecule has 0 spiro atoms. The summed E-state index contributed by atoms with van der Waals surface area (Å²) in [6.07, 6.45) is 0. The Morgan fingerprint density at radius 1 is 1.15 bits per heavy atom. The highest BCUT2D eigenvalue weighted by Gasteiger charge is 2.25. The summed E-state index contributed by atoms with van der Waals surface area (Å²) in [5, 5.41) is 4.75. The Bertz CT molecular complexity index is 786. The maximum absolute atomic E-state index is 12.5. The van der Waals surface area contributed by atoms with Crippen molar-refractivity contribution in [2.24, 2.45) is 0 Å². The number of benzene rings is 1. The minimum Gasteiger partial charge on any atom is -0.304 e. The average molecular weight is 414 g/mol. The fraction of sp³-hybridized carbons (Fsp3) is 0.444. The number of sulfonamides is 1. The van der Waals surface area contributed by atoms with Crippen LogP contribution in [0.3, 0.4) is 0 Å². The van der Waals surface area contributed by atoms with Crippen molar-refractivity contribution in [3.63, 3.8) is 0 Å². The Hall–Kier alpha value is -0.960.